The van der Waals surface area contributed by atoms with Gasteiger partial charge in [-0.2, -0.15) is 0 Å². The molecular weight excluding hydrogens is 244 g/mol. The summed E-state index contributed by atoms with van der Waals surface area (Å²) in [7, 11) is 0. The number of nitrogens with zero attached hydrogens (tertiary/aromatic N) is 1. The summed E-state index contributed by atoms with van der Waals surface area (Å²) in [5, 5.41) is 3.67. The van der Waals surface area contributed by atoms with Gasteiger partial charge in [0.2, 0.25) is 0 Å². The zero-order valence-electron chi connectivity index (χ0n) is 11.1. The molecule has 98 valence electrons. The van der Waals surface area contributed by atoms with Gasteiger partial charge >= 0.3 is 0 Å². The molecule has 0 spiro atoms. The molecule has 1 N–H and O–H groups in total. The minimum atomic E-state index is 0.0217. The Labute approximate surface area is 115 Å². The number of halogens is 1. The average Bonchev–Trinajstić information content (AvgIpc) is 2.41. The average molecular weight is 265 g/mol. The highest BCUT2D eigenvalue weighted by Gasteiger charge is 2.34. The normalized spacial score (nSPS) is 29.8. The van der Waals surface area contributed by atoms with Crippen molar-refractivity contribution in [2.45, 2.75) is 25.4 Å². The first-order valence-electron chi connectivity index (χ1n) is 6.45. The Kier molecular flexibility index (Phi) is 4.44. The molecule has 0 amide bonds. The Bertz CT molecular complexity index is 404. The second-order valence-electron chi connectivity index (χ2n) is 5.22. The van der Waals surface area contributed by atoms with Gasteiger partial charge in [-0.25, -0.2) is 0 Å². The first kappa shape index (κ1) is 13.6. The predicted octanol–water partition coefficient (Wildman–Crippen LogP) is 2.95. The zero-order chi connectivity index (χ0) is 13.0. The molecule has 0 radical (unpaired) electrons. The number of rotatable bonds is 3. The Morgan fingerprint density at radius 1 is 1.44 bits per heavy atom. The summed E-state index contributed by atoms with van der Waals surface area (Å²) in [5.74, 6) is 0. The summed E-state index contributed by atoms with van der Waals surface area (Å²) < 4.78 is 0. The topological polar surface area (TPSA) is 15.3 Å². The SMILES string of the molecule is CC1CNC(C)(c2ccccc2)CN1C/C=C/Cl. The summed E-state index contributed by atoms with van der Waals surface area (Å²) in [4.78, 5) is 2.46. The van der Waals surface area contributed by atoms with Crippen LogP contribution in [0.25, 0.3) is 0 Å². The van der Waals surface area contributed by atoms with Crippen LogP contribution in [0.3, 0.4) is 0 Å². The predicted molar refractivity (Wildman–Crippen MR) is 77.8 cm³/mol. The van der Waals surface area contributed by atoms with Crippen molar-refractivity contribution in [2.75, 3.05) is 19.6 Å². The van der Waals surface area contributed by atoms with Crippen molar-refractivity contribution < 1.29 is 0 Å². The monoisotopic (exact) mass is 264 g/mol. The van der Waals surface area contributed by atoms with Crippen LogP contribution in [0.2, 0.25) is 0 Å². The summed E-state index contributed by atoms with van der Waals surface area (Å²) >= 11 is 5.63. The van der Waals surface area contributed by atoms with E-state index < -0.39 is 0 Å². The van der Waals surface area contributed by atoms with Crippen molar-refractivity contribution in [3.05, 3.63) is 47.5 Å². The first-order valence-corrected chi connectivity index (χ1v) is 6.89. The van der Waals surface area contributed by atoms with Gasteiger partial charge in [0.05, 0.1) is 5.54 Å². The number of hydrogen-bond donors (Lipinski definition) is 1. The quantitative estimate of drug-likeness (QED) is 0.903. The Morgan fingerprint density at radius 3 is 2.83 bits per heavy atom. The molecule has 1 aliphatic heterocycles. The summed E-state index contributed by atoms with van der Waals surface area (Å²) in [6.07, 6.45) is 2.01. The van der Waals surface area contributed by atoms with Gasteiger partial charge in [-0.15, -0.1) is 0 Å². The van der Waals surface area contributed by atoms with Crippen LogP contribution in [0.5, 0.6) is 0 Å². The van der Waals surface area contributed by atoms with Gasteiger partial charge in [0.15, 0.2) is 0 Å². The number of hydrogen-bond acceptors (Lipinski definition) is 2. The minimum Gasteiger partial charge on any atom is -0.305 e. The molecule has 18 heavy (non-hydrogen) atoms. The van der Waals surface area contributed by atoms with Gasteiger partial charge in [-0.3, -0.25) is 4.90 Å². The standard InChI is InChI=1S/C15H21ClN2/c1-13-11-17-15(2,12-18(13)10-6-9-16)14-7-4-3-5-8-14/h3-9,13,17H,10-12H2,1-2H3/b9-6+. The van der Waals surface area contributed by atoms with Gasteiger partial charge in [-0.1, -0.05) is 48.0 Å². The Balaban J connectivity index is 2.15. The third-order valence-corrected chi connectivity index (χ3v) is 3.95. The van der Waals surface area contributed by atoms with Crippen LogP contribution in [-0.4, -0.2) is 30.6 Å². The molecule has 2 unspecified atom stereocenters. The molecule has 2 atom stereocenters. The summed E-state index contributed by atoms with van der Waals surface area (Å²) in [6.45, 7) is 7.43. The lowest BCUT2D eigenvalue weighted by Gasteiger charge is -2.45. The van der Waals surface area contributed by atoms with Gasteiger partial charge in [0.1, 0.15) is 0 Å². The molecule has 1 aromatic carbocycles. The van der Waals surface area contributed by atoms with E-state index in [9.17, 15) is 0 Å². The van der Waals surface area contributed by atoms with Crippen LogP contribution in [0.15, 0.2) is 41.9 Å². The second-order valence-corrected chi connectivity index (χ2v) is 5.47. The lowest BCUT2D eigenvalue weighted by Crippen LogP contribution is -2.60. The van der Waals surface area contributed by atoms with Crippen molar-refractivity contribution in [2.24, 2.45) is 0 Å². The third kappa shape index (κ3) is 2.94. The molecular formula is C15H21ClN2. The van der Waals surface area contributed by atoms with E-state index in [2.05, 4.69) is 54.4 Å². The molecule has 1 aromatic rings. The fraction of sp³-hybridized carbons (Fsp3) is 0.467. The number of nitrogens with one attached hydrogen (secondary N) is 1. The molecule has 1 saturated heterocycles. The molecule has 0 aliphatic carbocycles. The van der Waals surface area contributed by atoms with Crippen molar-refractivity contribution in [3.63, 3.8) is 0 Å². The van der Waals surface area contributed by atoms with Crippen LogP contribution >= 0.6 is 11.6 Å². The van der Waals surface area contributed by atoms with E-state index in [0.29, 0.717) is 6.04 Å². The van der Waals surface area contributed by atoms with Crippen LogP contribution in [0.4, 0.5) is 0 Å². The number of benzene rings is 1. The van der Waals surface area contributed by atoms with Crippen LogP contribution in [0, 0.1) is 0 Å². The van der Waals surface area contributed by atoms with Crippen LogP contribution < -0.4 is 5.32 Å². The van der Waals surface area contributed by atoms with E-state index >= 15 is 0 Å². The van der Waals surface area contributed by atoms with E-state index in [1.165, 1.54) is 5.56 Å². The molecule has 1 aliphatic rings. The zero-order valence-corrected chi connectivity index (χ0v) is 11.8. The van der Waals surface area contributed by atoms with Crippen molar-refractivity contribution in [1.82, 2.24) is 10.2 Å². The number of piperazine rings is 1. The maximum absolute atomic E-state index is 5.63. The largest absolute Gasteiger partial charge is 0.305 e. The maximum Gasteiger partial charge on any atom is 0.0535 e. The molecule has 0 aromatic heterocycles. The molecule has 0 bridgehead atoms. The smallest absolute Gasteiger partial charge is 0.0535 e. The Hall–Kier alpha value is -0.830. The second kappa shape index (κ2) is 5.87. The lowest BCUT2D eigenvalue weighted by molar-refractivity contribution is 0.107. The highest BCUT2D eigenvalue weighted by molar-refractivity contribution is 6.25. The molecule has 2 nitrogen and oxygen atoms in total. The van der Waals surface area contributed by atoms with Crippen molar-refractivity contribution in [3.8, 4) is 0 Å². The maximum atomic E-state index is 5.63. The van der Waals surface area contributed by atoms with Gasteiger partial charge in [-0.05, 0) is 19.4 Å². The highest BCUT2D eigenvalue weighted by atomic mass is 35.5. The lowest BCUT2D eigenvalue weighted by atomic mass is 9.88. The van der Waals surface area contributed by atoms with Gasteiger partial charge in [0, 0.05) is 31.2 Å². The van der Waals surface area contributed by atoms with E-state index in [0.717, 1.165) is 19.6 Å². The van der Waals surface area contributed by atoms with Crippen molar-refractivity contribution in [1.29, 1.82) is 0 Å². The van der Waals surface area contributed by atoms with E-state index in [1.807, 2.05) is 6.08 Å². The third-order valence-electron chi connectivity index (χ3n) is 3.77. The molecule has 0 saturated carbocycles. The fourth-order valence-corrected chi connectivity index (χ4v) is 2.62. The first-order chi connectivity index (χ1) is 8.65. The summed E-state index contributed by atoms with van der Waals surface area (Å²) in [5.41, 5.74) is 2.97. The summed E-state index contributed by atoms with van der Waals surface area (Å²) in [6, 6.07) is 11.2. The molecule has 1 fully saturated rings. The van der Waals surface area contributed by atoms with Crippen LogP contribution in [-0.2, 0) is 5.54 Å². The fourth-order valence-electron chi connectivity index (χ4n) is 2.54. The Morgan fingerprint density at radius 2 is 2.17 bits per heavy atom. The molecule has 3 heteroatoms. The van der Waals surface area contributed by atoms with Crippen molar-refractivity contribution >= 4 is 11.6 Å². The molecule has 2 rings (SSSR count). The van der Waals surface area contributed by atoms with E-state index in [4.69, 9.17) is 11.6 Å². The van der Waals surface area contributed by atoms with Gasteiger partial charge in [0.25, 0.3) is 0 Å². The van der Waals surface area contributed by atoms with E-state index in [1.54, 1.807) is 5.54 Å². The van der Waals surface area contributed by atoms with E-state index in [-0.39, 0.29) is 5.54 Å². The molecule has 1 heterocycles. The van der Waals surface area contributed by atoms with Gasteiger partial charge < -0.3 is 5.32 Å². The van der Waals surface area contributed by atoms with Crippen LogP contribution in [0.1, 0.15) is 19.4 Å². The highest BCUT2D eigenvalue weighted by Crippen LogP contribution is 2.26. The minimum absolute atomic E-state index is 0.0217.